The molecule has 0 radical (unpaired) electrons. The van der Waals surface area contributed by atoms with E-state index in [0.717, 1.165) is 5.82 Å². The van der Waals surface area contributed by atoms with Crippen LogP contribution in [0.4, 0.5) is 0 Å². The minimum absolute atomic E-state index is 0.144. The van der Waals surface area contributed by atoms with Gasteiger partial charge in [0.1, 0.15) is 11.5 Å². The summed E-state index contributed by atoms with van der Waals surface area (Å²) in [5.74, 6) is 0.554. The molecule has 0 saturated carbocycles. The molecule has 0 saturated heterocycles. The number of nitrogens with zero attached hydrogens (tertiary/aromatic N) is 2. The molecule has 1 atom stereocenters. The van der Waals surface area contributed by atoms with Gasteiger partial charge in [0.15, 0.2) is 0 Å². The van der Waals surface area contributed by atoms with E-state index in [2.05, 4.69) is 20.3 Å². The molecule has 0 bridgehead atoms. The first-order chi connectivity index (χ1) is 7.27. The van der Waals surface area contributed by atoms with Gasteiger partial charge in [-0.2, -0.15) is 0 Å². The number of nitrogens with one attached hydrogen (secondary N) is 2. The summed E-state index contributed by atoms with van der Waals surface area (Å²) in [7, 11) is 0. The van der Waals surface area contributed by atoms with Crippen molar-refractivity contribution >= 4 is 17.2 Å². The molecule has 2 rings (SSSR count). The van der Waals surface area contributed by atoms with Crippen LogP contribution < -0.4 is 5.32 Å². The summed E-state index contributed by atoms with van der Waals surface area (Å²) in [5, 5.41) is 4.51. The van der Waals surface area contributed by atoms with Crippen molar-refractivity contribution in [2.45, 2.75) is 13.0 Å². The number of carbonyl (C=O) groups is 1. The predicted octanol–water partition coefficient (Wildman–Crippen LogP) is 1.36. The Balaban J connectivity index is 2.01. The fourth-order valence-corrected chi connectivity index (χ4v) is 1.71. The van der Waals surface area contributed by atoms with Gasteiger partial charge in [-0.05, 0) is 6.92 Å². The summed E-state index contributed by atoms with van der Waals surface area (Å²) >= 11 is 1.40. The van der Waals surface area contributed by atoms with Crippen LogP contribution in [0.1, 0.15) is 29.3 Å². The van der Waals surface area contributed by atoms with Crippen molar-refractivity contribution in [3.8, 4) is 0 Å². The number of rotatable bonds is 3. The zero-order valence-electron chi connectivity index (χ0n) is 8.10. The lowest BCUT2D eigenvalue weighted by atomic mass is 10.3. The van der Waals surface area contributed by atoms with Gasteiger partial charge in [0.25, 0.3) is 5.91 Å². The molecule has 2 N–H and O–H groups in total. The Bertz CT molecular complexity index is 423. The van der Waals surface area contributed by atoms with E-state index in [1.54, 1.807) is 23.3 Å². The molecule has 0 aliphatic carbocycles. The third-order valence-electron chi connectivity index (χ3n) is 1.94. The summed E-state index contributed by atoms with van der Waals surface area (Å²) in [6.07, 6.45) is 3.38. The van der Waals surface area contributed by atoms with Crippen LogP contribution in [0.5, 0.6) is 0 Å². The van der Waals surface area contributed by atoms with Crippen LogP contribution in [0, 0.1) is 0 Å². The SMILES string of the molecule is CC(NC(=O)c1cscn1)c1ncc[nH]1. The minimum atomic E-state index is -0.180. The Hall–Kier alpha value is -1.69. The Kier molecular flexibility index (Phi) is 2.77. The lowest BCUT2D eigenvalue weighted by Gasteiger charge is -2.09. The molecular weight excluding hydrogens is 212 g/mol. The van der Waals surface area contributed by atoms with E-state index >= 15 is 0 Å². The topological polar surface area (TPSA) is 70.7 Å². The van der Waals surface area contributed by atoms with Crippen LogP contribution in [0.2, 0.25) is 0 Å². The molecule has 15 heavy (non-hydrogen) atoms. The number of aromatic nitrogens is 3. The molecule has 1 unspecified atom stereocenters. The zero-order chi connectivity index (χ0) is 10.7. The van der Waals surface area contributed by atoms with Crippen LogP contribution >= 0.6 is 11.3 Å². The third-order valence-corrected chi connectivity index (χ3v) is 2.53. The molecule has 0 aliphatic rings. The predicted molar refractivity (Wildman–Crippen MR) is 56.6 cm³/mol. The summed E-state index contributed by atoms with van der Waals surface area (Å²) in [6.45, 7) is 1.86. The lowest BCUT2D eigenvalue weighted by molar-refractivity contribution is 0.0934. The van der Waals surface area contributed by atoms with Gasteiger partial charge in [-0.1, -0.05) is 0 Å². The standard InChI is InChI=1S/C9H10N4OS/c1-6(8-10-2-3-11-8)13-9(14)7-4-15-5-12-7/h2-6H,1H3,(H,10,11)(H,13,14). The van der Waals surface area contributed by atoms with Gasteiger partial charge in [0, 0.05) is 17.8 Å². The van der Waals surface area contributed by atoms with E-state index in [0.29, 0.717) is 5.69 Å². The van der Waals surface area contributed by atoms with Crippen molar-refractivity contribution in [3.63, 3.8) is 0 Å². The highest BCUT2D eigenvalue weighted by atomic mass is 32.1. The van der Waals surface area contributed by atoms with Crippen molar-refractivity contribution in [3.05, 3.63) is 34.8 Å². The highest BCUT2D eigenvalue weighted by molar-refractivity contribution is 7.07. The second-order valence-corrected chi connectivity index (χ2v) is 3.76. The molecule has 1 amide bonds. The monoisotopic (exact) mass is 222 g/mol. The highest BCUT2D eigenvalue weighted by Gasteiger charge is 2.13. The van der Waals surface area contributed by atoms with Gasteiger partial charge in [-0.25, -0.2) is 9.97 Å². The average Bonchev–Trinajstić information content (AvgIpc) is 2.91. The smallest absolute Gasteiger partial charge is 0.271 e. The Morgan fingerprint density at radius 1 is 1.60 bits per heavy atom. The largest absolute Gasteiger partial charge is 0.347 e. The van der Waals surface area contributed by atoms with Gasteiger partial charge in [0.05, 0.1) is 11.6 Å². The first-order valence-corrected chi connectivity index (χ1v) is 5.40. The summed E-state index contributed by atoms with van der Waals surface area (Å²) < 4.78 is 0. The van der Waals surface area contributed by atoms with Crippen molar-refractivity contribution < 1.29 is 4.79 Å². The number of carbonyl (C=O) groups excluding carboxylic acids is 1. The Morgan fingerprint density at radius 2 is 2.47 bits per heavy atom. The van der Waals surface area contributed by atoms with Gasteiger partial charge in [-0.3, -0.25) is 4.79 Å². The number of imidazole rings is 1. The number of hydrogen-bond donors (Lipinski definition) is 2. The van der Waals surface area contributed by atoms with Crippen LogP contribution in [0.25, 0.3) is 0 Å². The van der Waals surface area contributed by atoms with Crippen LogP contribution in [-0.4, -0.2) is 20.9 Å². The fraction of sp³-hybridized carbons (Fsp3) is 0.222. The molecule has 0 aromatic carbocycles. The number of amides is 1. The van der Waals surface area contributed by atoms with E-state index in [-0.39, 0.29) is 11.9 Å². The van der Waals surface area contributed by atoms with Crippen LogP contribution in [0.15, 0.2) is 23.3 Å². The zero-order valence-corrected chi connectivity index (χ0v) is 8.91. The van der Waals surface area contributed by atoms with Crippen molar-refractivity contribution in [2.24, 2.45) is 0 Å². The average molecular weight is 222 g/mol. The molecule has 2 aromatic rings. The van der Waals surface area contributed by atoms with E-state index in [1.165, 1.54) is 11.3 Å². The maximum atomic E-state index is 11.6. The van der Waals surface area contributed by atoms with E-state index < -0.39 is 0 Å². The van der Waals surface area contributed by atoms with Gasteiger partial charge in [0.2, 0.25) is 0 Å². The van der Waals surface area contributed by atoms with E-state index in [9.17, 15) is 4.79 Å². The second-order valence-electron chi connectivity index (χ2n) is 3.04. The summed E-state index contributed by atoms with van der Waals surface area (Å²) in [4.78, 5) is 22.5. The van der Waals surface area contributed by atoms with Gasteiger partial charge < -0.3 is 10.3 Å². The summed E-state index contributed by atoms with van der Waals surface area (Å²) in [5.41, 5.74) is 2.07. The maximum absolute atomic E-state index is 11.6. The van der Waals surface area contributed by atoms with Crippen LogP contribution in [-0.2, 0) is 0 Å². The molecule has 0 fully saturated rings. The molecule has 2 heterocycles. The molecule has 5 nitrogen and oxygen atoms in total. The van der Waals surface area contributed by atoms with Gasteiger partial charge in [-0.15, -0.1) is 11.3 Å². The lowest BCUT2D eigenvalue weighted by Crippen LogP contribution is -2.27. The van der Waals surface area contributed by atoms with Crippen molar-refractivity contribution in [1.82, 2.24) is 20.3 Å². The quantitative estimate of drug-likeness (QED) is 0.823. The maximum Gasteiger partial charge on any atom is 0.271 e. The van der Waals surface area contributed by atoms with Gasteiger partial charge >= 0.3 is 0 Å². The first kappa shape index (κ1) is 9.85. The first-order valence-electron chi connectivity index (χ1n) is 4.45. The number of aromatic amines is 1. The Morgan fingerprint density at radius 3 is 3.07 bits per heavy atom. The van der Waals surface area contributed by atoms with E-state index in [1.807, 2.05) is 6.92 Å². The number of thiazole rings is 1. The Labute approximate surface area is 90.6 Å². The molecule has 78 valence electrons. The number of H-pyrrole nitrogens is 1. The normalized spacial score (nSPS) is 12.3. The molecule has 0 spiro atoms. The minimum Gasteiger partial charge on any atom is -0.347 e. The molecule has 0 aliphatic heterocycles. The molecule has 6 heteroatoms. The second kappa shape index (κ2) is 4.22. The fourth-order valence-electron chi connectivity index (χ4n) is 1.18. The molecular formula is C9H10N4OS. The van der Waals surface area contributed by atoms with Crippen LogP contribution in [0.3, 0.4) is 0 Å². The van der Waals surface area contributed by atoms with E-state index in [4.69, 9.17) is 0 Å². The highest BCUT2D eigenvalue weighted by Crippen LogP contribution is 2.07. The summed E-state index contributed by atoms with van der Waals surface area (Å²) in [6, 6.07) is -0.144. The number of hydrogen-bond acceptors (Lipinski definition) is 4. The van der Waals surface area contributed by atoms with Crippen molar-refractivity contribution in [1.29, 1.82) is 0 Å². The molecule has 2 aromatic heterocycles. The third kappa shape index (κ3) is 2.21. The van der Waals surface area contributed by atoms with Crippen molar-refractivity contribution in [2.75, 3.05) is 0 Å².